The Morgan fingerprint density at radius 1 is 1.07 bits per heavy atom. The van der Waals surface area contributed by atoms with Crippen molar-refractivity contribution < 1.29 is 14.3 Å². The van der Waals surface area contributed by atoms with Crippen molar-refractivity contribution in [3.63, 3.8) is 0 Å². The fourth-order valence-corrected chi connectivity index (χ4v) is 3.93. The molecule has 1 aliphatic rings. The minimum absolute atomic E-state index is 0.262. The lowest BCUT2D eigenvalue weighted by Crippen LogP contribution is -2.33. The fraction of sp³-hybridized carbons (Fsp3) is 0.375. The molecule has 1 aromatic heterocycles. The molecule has 0 saturated carbocycles. The first-order valence-corrected chi connectivity index (χ1v) is 10.4. The van der Waals surface area contributed by atoms with Gasteiger partial charge >= 0.3 is 5.97 Å². The second-order valence-electron chi connectivity index (χ2n) is 7.64. The first kappa shape index (κ1) is 19.5. The highest BCUT2D eigenvalue weighted by molar-refractivity contribution is 6.05. The van der Waals surface area contributed by atoms with Crippen molar-refractivity contribution in [1.82, 2.24) is 9.88 Å². The number of aromatic nitrogens is 1. The molecule has 1 N–H and O–H groups in total. The van der Waals surface area contributed by atoms with Crippen molar-refractivity contribution in [2.75, 3.05) is 26.2 Å². The van der Waals surface area contributed by atoms with Crippen molar-refractivity contribution in [2.24, 2.45) is 0 Å². The van der Waals surface area contributed by atoms with Gasteiger partial charge < -0.3 is 14.5 Å². The summed E-state index contributed by atoms with van der Waals surface area (Å²) in [7, 11) is 0. The lowest BCUT2D eigenvalue weighted by Gasteiger charge is -2.26. The predicted octanol–water partition coefficient (Wildman–Crippen LogP) is 4.70. The van der Waals surface area contributed by atoms with Crippen LogP contribution in [0.2, 0.25) is 0 Å². The number of aryl methyl sites for hydroxylation is 1. The zero-order chi connectivity index (χ0) is 20.1. The summed E-state index contributed by atoms with van der Waals surface area (Å²) in [5.41, 5.74) is 3.28. The topological polar surface area (TPSA) is 54.6 Å². The monoisotopic (exact) mass is 392 g/mol. The van der Waals surface area contributed by atoms with Gasteiger partial charge in [0.2, 0.25) is 0 Å². The molecule has 5 heteroatoms. The van der Waals surface area contributed by atoms with Crippen LogP contribution in [0.4, 0.5) is 0 Å². The average molecular weight is 392 g/mol. The molecule has 0 bridgehead atoms. The van der Waals surface area contributed by atoms with E-state index in [2.05, 4.69) is 9.88 Å². The van der Waals surface area contributed by atoms with Crippen LogP contribution in [0.25, 0.3) is 10.9 Å². The van der Waals surface area contributed by atoms with Gasteiger partial charge in [-0.25, -0.2) is 4.79 Å². The van der Waals surface area contributed by atoms with Gasteiger partial charge in [-0.1, -0.05) is 36.8 Å². The fourth-order valence-electron chi connectivity index (χ4n) is 3.93. The number of carbonyl (C=O) groups is 1. The summed E-state index contributed by atoms with van der Waals surface area (Å²) in [5.74, 6) is 0.466. The van der Waals surface area contributed by atoms with Gasteiger partial charge in [0.25, 0.3) is 0 Å². The Bertz CT molecular complexity index is 959. The molecule has 152 valence electrons. The highest BCUT2D eigenvalue weighted by atomic mass is 16.5. The van der Waals surface area contributed by atoms with Crippen LogP contribution in [0.5, 0.6) is 5.75 Å². The summed E-state index contributed by atoms with van der Waals surface area (Å²) in [5, 5.41) is 0.844. The van der Waals surface area contributed by atoms with Crippen LogP contribution in [-0.4, -0.2) is 42.1 Å². The quantitative estimate of drug-likeness (QED) is 0.592. The van der Waals surface area contributed by atoms with Crippen molar-refractivity contribution in [3.05, 3.63) is 65.4 Å². The molecule has 0 amide bonds. The standard InChI is InChI=1S/C24H28N2O3/c1-18-23(24(27)29-17-19-8-4-2-5-9-19)21-16-20(10-11-22(21)25-18)28-15-14-26-12-6-3-7-13-26/h2,4-5,8-11,16,25H,3,6-7,12-15,17H2,1H3. The Morgan fingerprint density at radius 3 is 2.66 bits per heavy atom. The first-order valence-electron chi connectivity index (χ1n) is 10.4. The summed E-state index contributed by atoms with van der Waals surface area (Å²) in [4.78, 5) is 18.5. The van der Waals surface area contributed by atoms with E-state index in [-0.39, 0.29) is 12.6 Å². The van der Waals surface area contributed by atoms with Crippen molar-refractivity contribution in [3.8, 4) is 5.75 Å². The Morgan fingerprint density at radius 2 is 1.86 bits per heavy atom. The van der Waals surface area contributed by atoms with Crippen molar-refractivity contribution >= 4 is 16.9 Å². The van der Waals surface area contributed by atoms with Gasteiger partial charge in [0.05, 0.1) is 5.56 Å². The Kier molecular flexibility index (Phi) is 6.15. The van der Waals surface area contributed by atoms with Crippen LogP contribution in [0, 0.1) is 6.92 Å². The number of nitrogens with one attached hydrogen (secondary N) is 1. The molecule has 4 rings (SSSR count). The van der Waals surface area contributed by atoms with Gasteiger partial charge in [-0.05, 0) is 56.6 Å². The summed E-state index contributed by atoms with van der Waals surface area (Å²) in [6.07, 6.45) is 3.90. The maximum atomic E-state index is 12.8. The molecule has 1 fully saturated rings. The Labute approximate surface area is 171 Å². The van der Waals surface area contributed by atoms with Crippen LogP contribution in [0.15, 0.2) is 48.5 Å². The molecule has 3 aromatic rings. The molecular formula is C24H28N2O3. The molecule has 5 nitrogen and oxygen atoms in total. The largest absolute Gasteiger partial charge is 0.492 e. The minimum Gasteiger partial charge on any atom is -0.492 e. The van der Waals surface area contributed by atoms with Gasteiger partial charge in [-0.15, -0.1) is 0 Å². The number of rotatable bonds is 7. The van der Waals surface area contributed by atoms with E-state index in [1.54, 1.807) is 0 Å². The molecule has 1 aliphatic heterocycles. The minimum atomic E-state index is -0.317. The van der Waals surface area contributed by atoms with Crippen LogP contribution in [-0.2, 0) is 11.3 Å². The van der Waals surface area contributed by atoms with Gasteiger partial charge in [0.1, 0.15) is 19.0 Å². The van der Waals surface area contributed by atoms with Crippen molar-refractivity contribution in [2.45, 2.75) is 32.8 Å². The number of benzene rings is 2. The Balaban J connectivity index is 1.43. The number of hydrogen-bond acceptors (Lipinski definition) is 4. The number of carbonyl (C=O) groups excluding carboxylic acids is 1. The maximum absolute atomic E-state index is 12.8. The van der Waals surface area contributed by atoms with E-state index in [1.807, 2.05) is 55.5 Å². The molecule has 2 aromatic carbocycles. The summed E-state index contributed by atoms with van der Waals surface area (Å²) in [6, 6.07) is 15.6. The lowest BCUT2D eigenvalue weighted by molar-refractivity contribution is 0.0474. The third-order valence-corrected chi connectivity index (χ3v) is 5.50. The highest BCUT2D eigenvalue weighted by Crippen LogP contribution is 2.27. The molecule has 2 heterocycles. The lowest BCUT2D eigenvalue weighted by atomic mass is 10.1. The number of H-pyrrole nitrogens is 1. The highest BCUT2D eigenvalue weighted by Gasteiger charge is 2.18. The Hall–Kier alpha value is -2.79. The maximum Gasteiger partial charge on any atom is 0.340 e. The second kappa shape index (κ2) is 9.14. The van der Waals surface area contributed by atoms with Crippen LogP contribution < -0.4 is 4.74 Å². The third-order valence-electron chi connectivity index (χ3n) is 5.50. The number of likely N-dealkylation sites (tertiary alicyclic amines) is 1. The van der Waals surface area contributed by atoms with Gasteiger partial charge in [0, 0.05) is 23.1 Å². The smallest absolute Gasteiger partial charge is 0.340 e. The number of fused-ring (bicyclic) bond motifs is 1. The van der Waals surface area contributed by atoms with E-state index < -0.39 is 0 Å². The van der Waals surface area contributed by atoms with Crippen LogP contribution in [0.3, 0.4) is 0 Å². The summed E-state index contributed by atoms with van der Waals surface area (Å²) in [6.45, 7) is 6.08. The van der Waals surface area contributed by atoms with Gasteiger partial charge in [-0.2, -0.15) is 0 Å². The van der Waals surface area contributed by atoms with E-state index in [0.29, 0.717) is 12.2 Å². The van der Waals surface area contributed by atoms with E-state index in [9.17, 15) is 4.79 Å². The van der Waals surface area contributed by atoms with E-state index in [0.717, 1.165) is 47.5 Å². The normalized spacial score (nSPS) is 14.8. The molecule has 0 unspecified atom stereocenters. The van der Waals surface area contributed by atoms with Crippen LogP contribution >= 0.6 is 0 Å². The molecule has 0 atom stereocenters. The van der Waals surface area contributed by atoms with Gasteiger partial charge in [-0.3, -0.25) is 4.90 Å². The summed E-state index contributed by atoms with van der Waals surface area (Å²) >= 11 is 0. The average Bonchev–Trinajstić information content (AvgIpc) is 3.08. The van der Waals surface area contributed by atoms with E-state index in [1.165, 1.54) is 19.3 Å². The molecule has 0 spiro atoms. The van der Waals surface area contributed by atoms with Crippen molar-refractivity contribution in [1.29, 1.82) is 0 Å². The third kappa shape index (κ3) is 4.80. The molecule has 0 aliphatic carbocycles. The zero-order valence-corrected chi connectivity index (χ0v) is 16.9. The second-order valence-corrected chi connectivity index (χ2v) is 7.64. The molecule has 0 radical (unpaired) electrons. The SMILES string of the molecule is Cc1[nH]c2ccc(OCCN3CCCCC3)cc2c1C(=O)OCc1ccccc1. The number of piperidine rings is 1. The zero-order valence-electron chi connectivity index (χ0n) is 16.9. The molecular weight excluding hydrogens is 364 g/mol. The predicted molar refractivity (Wildman–Crippen MR) is 114 cm³/mol. The first-order chi connectivity index (χ1) is 14.2. The number of ether oxygens (including phenoxy) is 2. The number of esters is 1. The molecule has 29 heavy (non-hydrogen) atoms. The number of hydrogen-bond donors (Lipinski definition) is 1. The van der Waals surface area contributed by atoms with Gasteiger partial charge in [0.15, 0.2) is 0 Å². The van der Waals surface area contributed by atoms with E-state index >= 15 is 0 Å². The molecule has 1 saturated heterocycles. The number of aromatic amines is 1. The number of nitrogens with zero attached hydrogens (tertiary/aromatic N) is 1. The van der Waals surface area contributed by atoms with E-state index in [4.69, 9.17) is 9.47 Å². The van der Waals surface area contributed by atoms with Crippen LogP contribution in [0.1, 0.15) is 40.9 Å². The summed E-state index contributed by atoms with van der Waals surface area (Å²) < 4.78 is 11.5.